The lowest BCUT2D eigenvalue weighted by atomic mass is 9.94. The van der Waals surface area contributed by atoms with Crippen LogP contribution in [0.1, 0.15) is 17.3 Å². The van der Waals surface area contributed by atoms with Crippen LogP contribution in [0.2, 0.25) is 0 Å². The van der Waals surface area contributed by atoms with E-state index in [0.29, 0.717) is 12.5 Å². The molecule has 1 aromatic carbocycles. The predicted molar refractivity (Wildman–Crippen MR) is 82.7 cm³/mol. The first kappa shape index (κ1) is 13.2. The fourth-order valence-corrected chi connectivity index (χ4v) is 2.91. The molecule has 1 saturated heterocycles. The second-order valence-electron chi connectivity index (χ2n) is 5.69. The number of hydrogen-bond acceptors (Lipinski definition) is 5. The first-order valence-electron chi connectivity index (χ1n) is 7.34. The zero-order valence-electron chi connectivity index (χ0n) is 12.4. The number of aromatic amines is 1. The first-order valence-corrected chi connectivity index (χ1v) is 7.34. The van der Waals surface area contributed by atoms with E-state index >= 15 is 0 Å². The van der Waals surface area contributed by atoms with E-state index in [1.54, 1.807) is 18.6 Å². The number of likely N-dealkylation sites (tertiary alicyclic amines) is 1. The third kappa shape index (κ3) is 2.31. The summed E-state index contributed by atoms with van der Waals surface area (Å²) in [5.41, 5.74) is 2.93. The van der Waals surface area contributed by atoms with Crippen LogP contribution >= 0.6 is 0 Å². The molecule has 3 aromatic rings. The summed E-state index contributed by atoms with van der Waals surface area (Å²) in [5, 5.41) is 8.69. The number of nitrogens with zero attached hydrogens (tertiary/aromatic N) is 4. The monoisotopic (exact) mass is 295 g/mol. The van der Waals surface area contributed by atoms with Gasteiger partial charge in [0.25, 0.3) is 0 Å². The average molecular weight is 295 g/mol. The van der Waals surface area contributed by atoms with E-state index < -0.39 is 0 Å². The normalized spacial score (nSPS) is 15.9. The molecule has 2 aromatic heterocycles. The average Bonchev–Trinajstić information content (AvgIpc) is 2.95. The Morgan fingerprint density at radius 1 is 1.32 bits per heavy atom. The van der Waals surface area contributed by atoms with Gasteiger partial charge in [0, 0.05) is 31.4 Å². The fraction of sp³-hybridized carbons (Fsp3) is 0.312. The van der Waals surface area contributed by atoms with Crippen LogP contribution in [0.25, 0.3) is 10.9 Å². The Morgan fingerprint density at radius 2 is 2.23 bits per heavy atom. The van der Waals surface area contributed by atoms with Crippen LogP contribution in [-0.4, -0.2) is 45.2 Å². The molecule has 1 N–H and O–H groups in total. The van der Waals surface area contributed by atoms with Crippen LogP contribution in [0.5, 0.6) is 5.75 Å². The molecular weight excluding hydrogens is 278 g/mol. The number of nitrogens with one attached hydrogen (secondary N) is 1. The Morgan fingerprint density at radius 3 is 3.00 bits per heavy atom. The number of ether oxygens (including phenoxy) is 1. The summed E-state index contributed by atoms with van der Waals surface area (Å²) >= 11 is 0. The predicted octanol–water partition coefficient (Wildman–Crippen LogP) is 1.96. The van der Waals surface area contributed by atoms with E-state index in [0.717, 1.165) is 35.4 Å². The largest absolute Gasteiger partial charge is 0.486 e. The Labute approximate surface area is 128 Å². The molecule has 0 atom stereocenters. The van der Waals surface area contributed by atoms with Crippen molar-refractivity contribution in [2.75, 3.05) is 20.1 Å². The quantitative estimate of drug-likeness (QED) is 0.797. The maximum absolute atomic E-state index is 5.97. The summed E-state index contributed by atoms with van der Waals surface area (Å²) < 4.78 is 5.97. The molecular formula is C16H17N5O. The number of H-pyrrole nitrogens is 1. The van der Waals surface area contributed by atoms with Gasteiger partial charge in [-0.15, -0.1) is 0 Å². The van der Waals surface area contributed by atoms with E-state index in [9.17, 15) is 0 Å². The van der Waals surface area contributed by atoms with Crippen LogP contribution < -0.4 is 4.74 Å². The highest BCUT2D eigenvalue weighted by Gasteiger charge is 2.29. The maximum Gasteiger partial charge on any atom is 0.132 e. The van der Waals surface area contributed by atoms with Crippen molar-refractivity contribution in [2.45, 2.75) is 12.5 Å². The minimum absolute atomic E-state index is 0.405. The van der Waals surface area contributed by atoms with Crippen LogP contribution in [0.4, 0.5) is 0 Å². The Hall–Kier alpha value is -2.47. The molecule has 0 unspecified atom stereocenters. The lowest BCUT2D eigenvalue weighted by Crippen LogP contribution is -2.41. The van der Waals surface area contributed by atoms with E-state index in [1.807, 2.05) is 18.2 Å². The molecule has 0 saturated carbocycles. The molecule has 0 amide bonds. The van der Waals surface area contributed by atoms with Crippen LogP contribution in [0, 0.1) is 0 Å². The van der Waals surface area contributed by atoms with Gasteiger partial charge in [-0.2, -0.15) is 5.10 Å². The minimum Gasteiger partial charge on any atom is -0.486 e. The Bertz CT molecular complexity index is 780. The molecule has 0 bridgehead atoms. The van der Waals surface area contributed by atoms with Crippen LogP contribution in [-0.2, 0) is 6.61 Å². The summed E-state index contributed by atoms with van der Waals surface area (Å²) in [6, 6.07) is 5.96. The van der Waals surface area contributed by atoms with Gasteiger partial charge in [0.1, 0.15) is 12.4 Å². The zero-order chi connectivity index (χ0) is 14.9. The van der Waals surface area contributed by atoms with E-state index in [4.69, 9.17) is 4.74 Å². The van der Waals surface area contributed by atoms with E-state index in [-0.39, 0.29) is 0 Å². The van der Waals surface area contributed by atoms with Crippen molar-refractivity contribution in [1.29, 1.82) is 0 Å². The third-order valence-electron chi connectivity index (χ3n) is 4.03. The van der Waals surface area contributed by atoms with Gasteiger partial charge < -0.3 is 9.64 Å². The van der Waals surface area contributed by atoms with Gasteiger partial charge >= 0.3 is 0 Å². The van der Waals surface area contributed by atoms with Gasteiger partial charge in [-0.1, -0.05) is 6.07 Å². The van der Waals surface area contributed by atoms with Gasteiger partial charge in [0.05, 0.1) is 28.5 Å². The van der Waals surface area contributed by atoms with E-state index in [1.165, 1.54) is 5.69 Å². The topological polar surface area (TPSA) is 66.9 Å². The first-order chi connectivity index (χ1) is 10.8. The molecule has 3 heterocycles. The van der Waals surface area contributed by atoms with Crippen molar-refractivity contribution >= 4 is 10.9 Å². The number of benzene rings is 1. The van der Waals surface area contributed by atoms with Crippen molar-refractivity contribution in [1.82, 2.24) is 25.1 Å². The lowest BCUT2D eigenvalue weighted by Gasteiger charge is -2.35. The number of aromatic nitrogens is 4. The van der Waals surface area contributed by atoms with Crippen molar-refractivity contribution in [3.8, 4) is 5.75 Å². The second-order valence-corrected chi connectivity index (χ2v) is 5.69. The Balaban J connectivity index is 1.64. The van der Waals surface area contributed by atoms with Crippen molar-refractivity contribution in [3.05, 3.63) is 48.2 Å². The molecule has 1 aliphatic heterocycles. The van der Waals surface area contributed by atoms with Gasteiger partial charge in [0.15, 0.2) is 0 Å². The highest BCUT2D eigenvalue weighted by atomic mass is 16.5. The summed E-state index contributed by atoms with van der Waals surface area (Å²) in [5.74, 6) is 1.35. The molecule has 4 rings (SSSR count). The third-order valence-corrected chi connectivity index (χ3v) is 4.03. The molecule has 0 radical (unpaired) electrons. The summed E-state index contributed by atoms with van der Waals surface area (Å²) in [6.45, 7) is 2.51. The highest BCUT2D eigenvalue weighted by molar-refractivity contribution is 5.88. The van der Waals surface area contributed by atoms with Crippen molar-refractivity contribution in [3.63, 3.8) is 0 Å². The molecule has 0 aliphatic carbocycles. The standard InChI is InChI=1S/C16H17N5O/c1-21-8-11(9-21)16-15-13(19-20-16)3-2-4-14(15)22-10-12-7-17-5-6-18-12/h2-7,11H,8-10H2,1H3,(H,19,20). The van der Waals surface area contributed by atoms with E-state index in [2.05, 4.69) is 32.1 Å². The molecule has 0 spiro atoms. The molecule has 1 aliphatic rings. The molecule has 1 fully saturated rings. The Kier molecular flexibility index (Phi) is 3.23. The fourth-order valence-electron chi connectivity index (χ4n) is 2.91. The van der Waals surface area contributed by atoms with Crippen LogP contribution in [0.15, 0.2) is 36.8 Å². The SMILES string of the molecule is CN1CC(c2[nH]nc3cccc(OCc4cnccn4)c23)C1. The van der Waals surface area contributed by atoms with Crippen molar-refractivity contribution in [2.24, 2.45) is 0 Å². The van der Waals surface area contributed by atoms with Crippen molar-refractivity contribution < 1.29 is 4.74 Å². The smallest absolute Gasteiger partial charge is 0.132 e. The molecule has 6 nitrogen and oxygen atoms in total. The summed E-state index contributed by atoms with van der Waals surface area (Å²) in [4.78, 5) is 10.6. The number of fused-ring (bicyclic) bond motifs is 1. The van der Waals surface area contributed by atoms with Gasteiger partial charge in [-0.05, 0) is 19.2 Å². The van der Waals surface area contributed by atoms with Gasteiger partial charge in [-0.3, -0.25) is 15.1 Å². The molecule has 112 valence electrons. The maximum atomic E-state index is 5.97. The summed E-state index contributed by atoms with van der Waals surface area (Å²) in [7, 11) is 2.13. The molecule has 6 heteroatoms. The lowest BCUT2D eigenvalue weighted by molar-refractivity contribution is 0.187. The number of likely N-dealkylation sites (N-methyl/N-ethyl adjacent to an activating group) is 1. The van der Waals surface area contributed by atoms with Gasteiger partial charge in [0.2, 0.25) is 0 Å². The number of rotatable bonds is 4. The zero-order valence-corrected chi connectivity index (χ0v) is 12.4. The summed E-state index contributed by atoms with van der Waals surface area (Å²) in [6.07, 6.45) is 5.05. The molecule has 22 heavy (non-hydrogen) atoms. The number of hydrogen-bond donors (Lipinski definition) is 1. The highest BCUT2D eigenvalue weighted by Crippen LogP contribution is 2.35. The van der Waals surface area contributed by atoms with Crippen LogP contribution in [0.3, 0.4) is 0 Å². The van der Waals surface area contributed by atoms with Gasteiger partial charge in [-0.25, -0.2) is 0 Å². The minimum atomic E-state index is 0.405. The second kappa shape index (κ2) is 5.38.